The van der Waals surface area contributed by atoms with Crippen LogP contribution in [0.3, 0.4) is 0 Å². The Bertz CT molecular complexity index is 779. The van der Waals surface area contributed by atoms with E-state index in [0.717, 1.165) is 37.8 Å². The minimum atomic E-state index is -0.903. The van der Waals surface area contributed by atoms with Crippen LogP contribution in [0.15, 0.2) is 30.9 Å². The molecule has 5 heterocycles. The SMILES string of the molecule is OC1(CN2CC3CN(c4cc(-n5cccn5)ncn4)CC3C2)COCCOC1. The zero-order chi connectivity index (χ0) is 19.0. The average molecular weight is 386 g/mol. The van der Waals surface area contributed by atoms with Crippen molar-refractivity contribution in [2.75, 3.05) is 64.1 Å². The first kappa shape index (κ1) is 18.0. The molecule has 3 aliphatic rings. The molecule has 28 heavy (non-hydrogen) atoms. The lowest BCUT2D eigenvalue weighted by Gasteiger charge is -2.31. The molecule has 0 bridgehead atoms. The first-order valence-corrected chi connectivity index (χ1v) is 9.86. The molecule has 9 nitrogen and oxygen atoms in total. The van der Waals surface area contributed by atoms with Gasteiger partial charge in [-0.15, -0.1) is 0 Å². The Kier molecular flexibility index (Phi) is 4.75. The Morgan fingerprint density at radius 1 is 1.04 bits per heavy atom. The van der Waals surface area contributed by atoms with Crippen molar-refractivity contribution in [2.45, 2.75) is 5.60 Å². The van der Waals surface area contributed by atoms with Crippen LogP contribution in [0.25, 0.3) is 5.82 Å². The van der Waals surface area contributed by atoms with E-state index in [9.17, 15) is 5.11 Å². The van der Waals surface area contributed by atoms with E-state index in [1.165, 1.54) is 0 Å². The van der Waals surface area contributed by atoms with Crippen LogP contribution in [0, 0.1) is 11.8 Å². The van der Waals surface area contributed by atoms with Crippen molar-refractivity contribution in [2.24, 2.45) is 11.8 Å². The van der Waals surface area contributed by atoms with Crippen LogP contribution < -0.4 is 4.90 Å². The molecule has 3 fully saturated rings. The quantitative estimate of drug-likeness (QED) is 0.774. The molecule has 3 saturated heterocycles. The molecule has 0 aromatic carbocycles. The third kappa shape index (κ3) is 3.62. The van der Waals surface area contributed by atoms with Crippen molar-refractivity contribution in [3.63, 3.8) is 0 Å². The second-order valence-electron chi connectivity index (χ2n) is 8.13. The molecule has 0 saturated carbocycles. The molecular formula is C19H26N6O3. The van der Waals surface area contributed by atoms with E-state index in [4.69, 9.17) is 9.47 Å². The van der Waals surface area contributed by atoms with Gasteiger partial charge in [0.1, 0.15) is 17.7 Å². The van der Waals surface area contributed by atoms with Crippen molar-refractivity contribution in [3.05, 3.63) is 30.9 Å². The van der Waals surface area contributed by atoms with E-state index in [2.05, 4.69) is 24.9 Å². The minimum absolute atomic E-state index is 0.349. The molecule has 0 aliphatic carbocycles. The maximum Gasteiger partial charge on any atom is 0.158 e. The Labute approximate surface area is 163 Å². The molecule has 0 amide bonds. The number of aliphatic hydroxyl groups is 1. The number of nitrogens with zero attached hydrogens (tertiary/aromatic N) is 6. The molecule has 9 heteroatoms. The summed E-state index contributed by atoms with van der Waals surface area (Å²) in [4.78, 5) is 13.5. The number of anilines is 1. The van der Waals surface area contributed by atoms with E-state index in [-0.39, 0.29) is 0 Å². The fraction of sp³-hybridized carbons (Fsp3) is 0.632. The van der Waals surface area contributed by atoms with Gasteiger partial charge in [-0.3, -0.25) is 4.90 Å². The van der Waals surface area contributed by atoms with E-state index in [0.29, 0.717) is 44.8 Å². The van der Waals surface area contributed by atoms with E-state index in [1.807, 2.05) is 18.3 Å². The first-order chi connectivity index (χ1) is 13.7. The van der Waals surface area contributed by atoms with Crippen molar-refractivity contribution >= 4 is 5.82 Å². The van der Waals surface area contributed by atoms with Gasteiger partial charge in [0.15, 0.2) is 5.82 Å². The lowest BCUT2D eigenvalue weighted by atomic mass is 10.0. The summed E-state index contributed by atoms with van der Waals surface area (Å²) in [6.45, 7) is 6.34. The standard InChI is InChI=1S/C19H26N6O3/c26-19(12-27-4-5-28-13-19)11-23-7-15-9-24(10-16(15)8-23)17-6-18(21-14-20-17)25-3-1-2-22-25/h1-3,6,14-16,26H,4-5,7-13H2. The van der Waals surface area contributed by atoms with Crippen LogP contribution in [-0.2, 0) is 9.47 Å². The van der Waals surface area contributed by atoms with Gasteiger partial charge in [0.2, 0.25) is 0 Å². The number of fused-ring (bicyclic) bond motifs is 1. The van der Waals surface area contributed by atoms with Crippen LogP contribution in [0.4, 0.5) is 5.82 Å². The number of likely N-dealkylation sites (tertiary alicyclic amines) is 1. The summed E-state index contributed by atoms with van der Waals surface area (Å²) < 4.78 is 12.8. The summed E-state index contributed by atoms with van der Waals surface area (Å²) in [7, 11) is 0. The monoisotopic (exact) mass is 386 g/mol. The van der Waals surface area contributed by atoms with E-state index in [1.54, 1.807) is 17.2 Å². The summed E-state index contributed by atoms with van der Waals surface area (Å²) in [5.74, 6) is 2.90. The highest BCUT2D eigenvalue weighted by Crippen LogP contribution is 2.34. The smallest absolute Gasteiger partial charge is 0.158 e. The third-order valence-corrected chi connectivity index (χ3v) is 5.89. The highest BCUT2D eigenvalue weighted by molar-refractivity contribution is 5.44. The largest absolute Gasteiger partial charge is 0.384 e. The van der Waals surface area contributed by atoms with Gasteiger partial charge in [0.05, 0.1) is 26.4 Å². The topological polar surface area (TPSA) is 88.8 Å². The molecule has 2 unspecified atom stereocenters. The Morgan fingerprint density at radius 3 is 2.43 bits per heavy atom. The molecule has 0 radical (unpaired) electrons. The van der Waals surface area contributed by atoms with Crippen molar-refractivity contribution in [3.8, 4) is 5.82 Å². The Balaban J connectivity index is 1.21. The lowest BCUT2D eigenvalue weighted by molar-refractivity contribution is -0.0719. The average Bonchev–Trinajstić information content (AvgIpc) is 3.38. The normalized spacial score (nSPS) is 27.7. The van der Waals surface area contributed by atoms with Gasteiger partial charge in [0, 0.05) is 51.2 Å². The summed E-state index contributed by atoms with van der Waals surface area (Å²) in [6, 6.07) is 3.88. The third-order valence-electron chi connectivity index (χ3n) is 5.89. The minimum Gasteiger partial charge on any atom is -0.384 e. The van der Waals surface area contributed by atoms with E-state index >= 15 is 0 Å². The fourth-order valence-electron chi connectivity index (χ4n) is 4.64. The van der Waals surface area contributed by atoms with Gasteiger partial charge < -0.3 is 19.5 Å². The summed E-state index contributed by atoms with van der Waals surface area (Å²) in [5, 5.41) is 15.0. The number of rotatable bonds is 4. The Hall–Kier alpha value is -2.07. The number of hydrogen-bond acceptors (Lipinski definition) is 8. The van der Waals surface area contributed by atoms with Crippen LogP contribution in [0.1, 0.15) is 0 Å². The van der Waals surface area contributed by atoms with Crippen LogP contribution in [-0.4, -0.2) is 94.5 Å². The zero-order valence-electron chi connectivity index (χ0n) is 15.9. The predicted molar refractivity (Wildman–Crippen MR) is 101 cm³/mol. The molecule has 3 aliphatic heterocycles. The van der Waals surface area contributed by atoms with Gasteiger partial charge in [0.25, 0.3) is 0 Å². The number of β-amino-alcohol motifs (C(OH)–C–C–N with tert-alkyl or cyclic N) is 1. The molecule has 5 rings (SSSR count). The van der Waals surface area contributed by atoms with Crippen LogP contribution >= 0.6 is 0 Å². The second-order valence-corrected chi connectivity index (χ2v) is 8.13. The van der Waals surface area contributed by atoms with Crippen LogP contribution in [0.2, 0.25) is 0 Å². The maximum absolute atomic E-state index is 10.8. The molecule has 2 aromatic heterocycles. The number of hydrogen-bond donors (Lipinski definition) is 1. The van der Waals surface area contributed by atoms with Gasteiger partial charge in [-0.1, -0.05) is 0 Å². The summed E-state index contributed by atoms with van der Waals surface area (Å²) >= 11 is 0. The second kappa shape index (κ2) is 7.40. The first-order valence-electron chi connectivity index (χ1n) is 9.86. The Morgan fingerprint density at radius 2 is 1.75 bits per heavy atom. The lowest BCUT2D eigenvalue weighted by Crippen LogP contribution is -2.49. The number of aromatic nitrogens is 4. The molecule has 1 N–H and O–H groups in total. The summed E-state index contributed by atoms with van der Waals surface area (Å²) in [5.41, 5.74) is -0.903. The van der Waals surface area contributed by atoms with Crippen molar-refractivity contribution < 1.29 is 14.6 Å². The number of ether oxygens (including phenoxy) is 2. The van der Waals surface area contributed by atoms with Gasteiger partial charge in [-0.25, -0.2) is 14.6 Å². The van der Waals surface area contributed by atoms with Crippen LogP contribution in [0.5, 0.6) is 0 Å². The van der Waals surface area contributed by atoms with Crippen molar-refractivity contribution in [1.82, 2.24) is 24.6 Å². The van der Waals surface area contributed by atoms with E-state index < -0.39 is 5.60 Å². The molecule has 150 valence electrons. The predicted octanol–water partition coefficient (Wildman–Crippen LogP) is -0.192. The molecule has 2 aromatic rings. The highest BCUT2D eigenvalue weighted by atomic mass is 16.6. The highest BCUT2D eigenvalue weighted by Gasteiger charge is 2.43. The summed E-state index contributed by atoms with van der Waals surface area (Å²) in [6.07, 6.45) is 5.23. The fourth-order valence-corrected chi connectivity index (χ4v) is 4.64. The van der Waals surface area contributed by atoms with Crippen molar-refractivity contribution in [1.29, 1.82) is 0 Å². The zero-order valence-corrected chi connectivity index (χ0v) is 15.9. The molecule has 2 atom stereocenters. The molecule has 0 spiro atoms. The van der Waals surface area contributed by atoms with Gasteiger partial charge in [-0.05, 0) is 17.9 Å². The van der Waals surface area contributed by atoms with Gasteiger partial charge in [-0.2, -0.15) is 5.10 Å². The maximum atomic E-state index is 10.8. The molecular weight excluding hydrogens is 360 g/mol. The van der Waals surface area contributed by atoms with Gasteiger partial charge >= 0.3 is 0 Å².